The molecule has 0 aliphatic rings. The molecular formula is C12H18ClN3O3. The summed E-state index contributed by atoms with van der Waals surface area (Å²) in [6, 6.07) is 6.47. The summed E-state index contributed by atoms with van der Waals surface area (Å²) < 4.78 is 4.78. The van der Waals surface area contributed by atoms with Crippen LogP contribution in [0.4, 0.5) is 5.69 Å². The van der Waals surface area contributed by atoms with Crippen LogP contribution in [0.25, 0.3) is 0 Å². The molecule has 2 amide bonds. The van der Waals surface area contributed by atoms with E-state index in [-0.39, 0.29) is 30.8 Å². The summed E-state index contributed by atoms with van der Waals surface area (Å²) in [4.78, 5) is 22.9. The molecule has 0 atom stereocenters. The second-order valence-electron chi connectivity index (χ2n) is 3.65. The molecule has 0 aromatic heterocycles. The highest BCUT2D eigenvalue weighted by molar-refractivity contribution is 5.96. The molecule has 0 aliphatic heterocycles. The van der Waals surface area contributed by atoms with Gasteiger partial charge in [0.1, 0.15) is 0 Å². The molecule has 0 unspecified atom stereocenters. The third-order valence-electron chi connectivity index (χ3n) is 2.21. The summed E-state index contributed by atoms with van der Waals surface area (Å²) in [6.07, 6.45) is 0. The van der Waals surface area contributed by atoms with E-state index in [4.69, 9.17) is 10.5 Å². The number of methoxy groups -OCH3 is 1. The smallest absolute Gasteiger partial charge is 0.251 e. The van der Waals surface area contributed by atoms with Crippen LogP contribution in [0.3, 0.4) is 0 Å². The van der Waals surface area contributed by atoms with E-state index >= 15 is 0 Å². The van der Waals surface area contributed by atoms with Gasteiger partial charge in [-0.2, -0.15) is 0 Å². The summed E-state index contributed by atoms with van der Waals surface area (Å²) in [5.74, 6) is -0.562. The van der Waals surface area contributed by atoms with Crippen molar-refractivity contribution in [3.63, 3.8) is 0 Å². The van der Waals surface area contributed by atoms with Gasteiger partial charge in [-0.05, 0) is 24.3 Å². The highest BCUT2D eigenvalue weighted by Crippen LogP contribution is 2.04. The van der Waals surface area contributed by atoms with Crippen molar-refractivity contribution in [2.45, 2.75) is 0 Å². The Bertz CT molecular complexity index is 409. The van der Waals surface area contributed by atoms with Crippen LogP contribution in [0.2, 0.25) is 0 Å². The molecule has 0 fully saturated rings. The predicted octanol–water partition coefficient (Wildman–Crippen LogP) is 0.183. The highest BCUT2D eigenvalue weighted by Gasteiger charge is 2.07. The number of benzene rings is 1. The monoisotopic (exact) mass is 287 g/mol. The standard InChI is InChI=1S/C12H17N3O3.ClH/c1-18-7-6-14-11(16)8-15-12(17)9-2-4-10(13)5-3-9;/h2-5H,6-8,13H2,1H3,(H,14,16)(H,15,17);1H. The Morgan fingerprint density at radius 1 is 1.21 bits per heavy atom. The molecule has 0 bridgehead atoms. The Labute approximate surface area is 118 Å². The quantitative estimate of drug-likeness (QED) is 0.514. The first-order valence-electron chi connectivity index (χ1n) is 5.53. The van der Waals surface area contributed by atoms with Gasteiger partial charge < -0.3 is 21.1 Å². The van der Waals surface area contributed by atoms with Crippen molar-refractivity contribution in [1.82, 2.24) is 10.6 Å². The number of carbonyl (C=O) groups is 2. The molecule has 1 aromatic rings. The third kappa shape index (κ3) is 6.64. The molecule has 7 heteroatoms. The van der Waals surface area contributed by atoms with Gasteiger partial charge in [-0.15, -0.1) is 12.4 Å². The van der Waals surface area contributed by atoms with E-state index in [9.17, 15) is 9.59 Å². The predicted molar refractivity (Wildman–Crippen MR) is 75.3 cm³/mol. The number of nitrogens with one attached hydrogen (secondary N) is 2. The van der Waals surface area contributed by atoms with E-state index in [1.807, 2.05) is 0 Å². The first-order valence-corrected chi connectivity index (χ1v) is 5.53. The van der Waals surface area contributed by atoms with Gasteiger partial charge in [0.15, 0.2) is 0 Å². The van der Waals surface area contributed by atoms with Gasteiger partial charge in [0.25, 0.3) is 5.91 Å². The maximum atomic E-state index is 11.6. The second kappa shape index (κ2) is 9.18. The lowest BCUT2D eigenvalue weighted by atomic mass is 10.2. The molecular weight excluding hydrogens is 270 g/mol. The lowest BCUT2D eigenvalue weighted by molar-refractivity contribution is -0.120. The van der Waals surface area contributed by atoms with Crippen LogP contribution in [-0.4, -0.2) is 38.6 Å². The van der Waals surface area contributed by atoms with Crippen molar-refractivity contribution in [1.29, 1.82) is 0 Å². The minimum absolute atomic E-state index is 0. The molecule has 1 aromatic carbocycles. The average molecular weight is 288 g/mol. The molecule has 4 N–H and O–H groups in total. The number of amides is 2. The molecule has 6 nitrogen and oxygen atoms in total. The molecule has 106 valence electrons. The Morgan fingerprint density at radius 3 is 2.42 bits per heavy atom. The zero-order valence-electron chi connectivity index (χ0n) is 10.6. The number of nitrogens with two attached hydrogens (primary N) is 1. The van der Waals surface area contributed by atoms with Gasteiger partial charge in [0.2, 0.25) is 5.91 Å². The van der Waals surface area contributed by atoms with E-state index in [0.29, 0.717) is 24.4 Å². The number of nitrogen functional groups attached to an aromatic ring is 1. The summed E-state index contributed by atoms with van der Waals surface area (Å²) >= 11 is 0. The maximum Gasteiger partial charge on any atom is 0.251 e. The fourth-order valence-electron chi connectivity index (χ4n) is 1.25. The number of hydrogen-bond acceptors (Lipinski definition) is 4. The molecule has 0 heterocycles. The van der Waals surface area contributed by atoms with Gasteiger partial charge >= 0.3 is 0 Å². The number of ether oxygens (including phenoxy) is 1. The van der Waals surface area contributed by atoms with E-state index in [1.54, 1.807) is 31.4 Å². The molecule has 19 heavy (non-hydrogen) atoms. The van der Waals surface area contributed by atoms with Crippen molar-refractivity contribution in [2.75, 3.05) is 32.5 Å². The Hall–Kier alpha value is -1.79. The third-order valence-corrected chi connectivity index (χ3v) is 2.21. The summed E-state index contributed by atoms with van der Waals surface area (Å²) in [6.45, 7) is 0.803. The van der Waals surface area contributed by atoms with Gasteiger partial charge in [-0.3, -0.25) is 9.59 Å². The lowest BCUT2D eigenvalue weighted by Gasteiger charge is -2.06. The first kappa shape index (κ1) is 17.2. The van der Waals surface area contributed by atoms with Gasteiger partial charge in [-0.25, -0.2) is 0 Å². The second-order valence-corrected chi connectivity index (χ2v) is 3.65. The van der Waals surface area contributed by atoms with Crippen LogP contribution in [0.1, 0.15) is 10.4 Å². The number of hydrogen-bond donors (Lipinski definition) is 3. The van der Waals surface area contributed by atoms with Gasteiger partial charge in [0.05, 0.1) is 13.2 Å². The maximum absolute atomic E-state index is 11.6. The van der Waals surface area contributed by atoms with Gasteiger partial charge in [0, 0.05) is 24.9 Å². The molecule has 1 rings (SSSR count). The zero-order valence-corrected chi connectivity index (χ0v) is 11.5. The Morgan fingerprint density at radius 2 is 1.84 bits per heavy atom. The van der Waals surface area contributed by atoms with E-state index in [2.05, 4.69) is 10.6 Å². The zero-order chi connectivity index (χ0) is 13.4. The van der Waals surface area contributed by atoms with Crippen molar-refractivity contribution >= 4 is 29.9 Å². The van der Waals surface area contributed by atoms with Gasteiger partial charge in [-0.1, -0.05) is 0 Å². The van der Waals surface area contributed by atoms with E-state index in [1.165, 1.54) is 0 Å². The number of carbonyl (C=O) groups excluding carboxylic acids is 2. The number of anilines is 1. The van der Waals surface area contributed by atoms with E-state index < -0.39 is 0 Å². The summed E-state index contributed by atoms with van der Waals surface area (Å²) in [7, 11) is 1.55. The van der Waals surface area contributed by atoms with Crippen LogP contribution in [0.15, 0.2) is 24.3 Å². The highest BCUT2D eigenvalue weighted by atomic mass is 35.5. The SMILES string of the molecule is COCCNC(=O)CNC(=O)c1ccc(N)cc1.Cl. The topological polar surface area (TPSA) is 93.5 Å². The van der Waals surface area contributed by atoms with Crippen LogP contribution in [0.5, 0.6) is 0 Å². The lowest BCUT2D eigenvalue weighted by Crippen LogP contribution is -2.38. The number of rotatable bonds is 6. The first-order chi connectivity index (χ1) is 8.63. The number of halogens is 1. The minimum atomic E-state index is -0.308. The van der Waals surface area contributed by atoms with Crippen molar-refractivity contribution in [3.8, 4) is 0 Å². The normalized spacial score (nSPS) is 9.32. The fraction of sp³-hybridized carbons (Fsp3) is 0.333. The molecule has 0 aliphatic carbocycles. The molecule has 0 spiro atoms. The minimum Gasteiger partial charge on any atom is -0.399 e. The molecule has 0 saturated carbocycles. The van der Waals surface area contributed by atoms with Crippen molar-refractivity contribution in [3.05, 3.63) is 29.8 Å². The van der Waals surface area contributed by atoms with Crippen LogP contribution >= 0.6 is 12.4 Å². The van der Waals surface area contributed by atoms with Crippen LogP contribution in [0, 0.1) is 0 Å². The largest absolute Gasteiger partial charge is 0.399 e. The molecule has 0 saturated heterocycles. The Kier molecular flexibility index (Phi) is 8.32. The average Bonchev–Trinajstić information content (AvgIpc) is 2.37. The van der Waals surface area contributed by atoms with Crippen LogP contribution < -0.4 is 16.4 Å². The fourth-order valence-corrected chi connectivity index (χ4v) is 1.25. The van der Waals surface area contributed by atoms with E-state index in [0.717, 1.165) is 0 Å². The van der Waals surface area contributed by atoms with Crippen LogP contribution in [-0.2, 0) is 9.53 Å². The van der Waals surface area contributed by atoms with Crippen molar-refractivity contribution < 1.29 is 14.3 Å². The summed E-state index contributed by atoms with van der Waals surface area (Å²) in [5.41, 5.74) is 6.56. The Balaban J connectivity index is 0.00000324. The summed E-state index contributed by atoms with van der Waals surface area (Å²) in [5, 5.41) is 5.11. The van der Waals surface area contributed by atoms with Crippen molar-refractivity contribution in [2.24, 2.45) is 0 Å². The molecule has 0 radical (unpaired) electrons.